The molecule has 2 rings (SSSR count). The number of amides is 2. The number of hydrogen-bond donors (Lipinski definition) is 3. The van der Waals surface area contributed by atoms with Crippen LogP contribution in [0.3, 0.4) is 0 Å². The summed E-state index contributed by atoms with van der Waals surface area (Å²) in [4.78, 5) is 25.0. The van der Waals surface area contributed by atoms with Crippen LogP contribution in [0.1, 0.15) is 32.1 Å². The number of carboxylic acid groups (broad SMARTS) is 1. The molecule has 0 aromatic carbocycles. The Kier molecular flexibility index (Phi) is 5.23. The lowest BCUT2D eigenvalue weighted by atomic mass is 9.96. The van der Waals surface area contributed by atoms with E-state index in [4.69, 9.17) is 5.11 Å². The minimum Gasteiger partial charge on any atom is -0.481 e. The van der Waals surface area contributed by atoms with E-state index in [2.05, 4.69) is 22.6 Å². The summed E-state index contributed by atoms with van der Waals surface area (Å²) in [6, 6.07) is 0.514. The summed E-state index contributed by atoms with van der Waals surface area (Å²) in [5.41, 5.74) is 0. The number of urea groups is 1. The van der Waals surface area contributed by atoms with Crippen LogP contribution in [0.5, 0.6) is 0 Å². The smallest absolute Gasteiger partial charge is 0.314 e. The summed E-state index contributed by atoms with van der Waals surface area (Å²) in [5.74, 6) is -0.954. The summed E-state index contributed by atoms with van der Waals surface area (Å²) in [5, 5.41) is 14.7. The van der Waals surface area contributed by atoms with Gasteiger partial charge in [-0.1, -0.05) is 6.42 Å². The first-order chi connectivity index (χ1) is 9.58. The van der Waals surface area contributed by atoms with E-state index in [0.29, 0.717) is 19.1 Å². The highest BCUT2D eigenvalue weighted by molar-refractivity contribution is 5.74. The highest BCUT2D eigenvalue weighted by Crippen LogP contribution is 2.31. The molecule has 2 atom stereocenters. The zero-order chi connectivity index (χ0) is 14.5. The number of carbonyl (C=O) groups excluding carboxylic acids is 1. The van der Waals surface area contributed by atoms with E-state index in [-0.39, 0.29) is 17.9 Å². The molecule has 0 bridgehead atoms. The summed E-state index contributed by atoms with van der Waals surface area (Å²) in [6.45, 7) is 1.95. The molecule has 2 saturated carbocycles. The van der Waals surface area contributed by atoms with Crippen molar-refractivity contribution in [2.24, 2.45) is 11.8 Å². The maximum atomic E-state index is 11.7. The van der Waals surface area contributed by atoms with Crippen LogP contribution in [0, 0.1) is 11.8 Å². The molecule has 2 aliphatic carbocycles. The normalized spacial score (nSPS) is 25.7. The molecular formula is C14H25N3O3. The lowest BCUT2D eigenvalue weighted by Gasteiger charge is -2.18. The van der Waals surface area contributed by atoms with Gasteiger partial charge in [-0.3, -0.25) is 4.79 Å². The summed E-state index contributed by atoms with van der Waals surface area (Å²) in [6.07, 6.45) is 5.09. The van der Waals surface area contributed by atoms with Gasteiger partial charge in [0.25, 0.3) is 0 Å². The molecule has 0 radical (unpaired) electrons. The minimum absolute atomic E-state index is 0.0763. The van der Waals surface area contributed by atoms with Crippen molar-refractivity contribution < 1.29 is 14.7 Å². The zero-order valence-corrected chi connectivity index (χ0v) is 12.1. The molecule has 2 fully saturated rings. The van der Waals surface area contributed by atoms with Crippen molar-refractivity contribution in [2.75, 3.05) is 26.7 Å². The SMILES string of the molecule is CN(CCNC(=O)NCC1CCCC1C(=O)O)C1CC1. The molecule has 20 heavy (non-hydrogen) atoms. The number of nitrogens with one attached hydrogen (secondary N) is 2. The molecule has 2 amide bonds. The Morgan fingerprint density at radius 3 is 2.60 bits per heavy atom. The first-order valence-corrected chi connectivity index (χ1v) is 7.52. The first-order valence-electron chi connectivity index (χ1n) is 7.52. The van der Waals surface area contributed by atoms with Crippen molar-refractivity contribution in [3.8, 4) is 0 Å². The van der Waals surface area contributed by atoms with E-state index in [1.807, 2.05) is 0 Å². The van der Waals surface area contributed by atoms with Crippen LogP contribution < -0.4 is 10.6 Å². The Morgan fingerprint density at radius 2 is 1.95 bits per heavy atom. The van der Waals surface area contributed by atoms with Crippen molar-refractivity contribution in [1.29, 1.82) is 0 Å². The van der Waals surface area contributed by atoms with Crippen LogP contribution in [-0.2, 0) is 4.79 Å². The molecule has 6 heteroatoms. The second-order valence-electron chi connectivity index (χ2n) is 5.98. The Balaban J connectivity index is 1.58. The van der Waals surface area contributed by atoms with Gasteiger partial charge < -0.3 is 20.6 Å². The fraction of sp³-hybridized carbons (Fsp3) is 0.857. The van der Waals surface area contributed by atoms with Gasteiger partial charge in [0.05, 0.1) is 5.92 Å². The van der Waals surface area contributed by atoms with E-state index in [0.717, 1.165) is 25.8 Å². The second kappa shape index (κ2) is 6.92. The molecular weight excluding hydrogens is 258 g/mol. The Bertz CT molecular complexity index is 358. The van der Waals surface area contributed by atoms with Crippen LogP contribution in [0.15, 0.2) is 0 Å². The third kappa shape index (κ3) is 4.37. The van der Waals surface area contributed by atoms with Gasteiger partial charge in [0.15, 0.2) is 0 Å². The standard InChI is InChI=1S/C14H25N3O3/c1-17(11-5-6-11)8-7-15-14(20)16-9-10-3-2-4-12(10)13(18)19/h10-12H,2-9H2,1H3,(H,18,19)(H2,15,16,20). The van der Waals surface area contributed by atoms with Crippen molar-refractivity contribution >= 4 is 12.0 Å². The average Bonchev–Trinajstić information content (AvgIpc) is 3.14. The molecule has 0 saturated heterocycles. The Hall–Kier alpha value is -1.30. The van der Waals surface area contributed by atoms with Crippen LogP contribution in [0.2, 0.25) is 0 Å². The largest absolute Gasteiger partial charge is 0.481 e. The summed E-state index contributed by atoms with van der Waals surface area (Å²) >= 11 is 0. The number of aliphatic carboxylic acids is 1. The molecule has 114 valence electrons. The zero-order valence-electron chi connectivity index (χ0n) is 12.1. The van der Waals surface area contributed by atoms with Gasteiger partial charge in [0.2, 0.25) is 0 Å². The Morgan fingerprint density at radius 1 is 1.20 bits per heavy atom. The minimum atomic E-state index is -0.735. The highest BCUT2D eigenvalue weighted by Gasteiger charge is 2.32. The van der Waals surface area contributed by atoms with Gasteiger partial charge in [0.1, 0.15) is 0 Å². The van der Waals surface area contributed by atoms with Crippen LogP contribution >= 0.6 is 0 Å². The fourth-order valence-corrected chi connectivity index (χ4v) is 2.94. The molecule has 2 unspecified atom stereocenters. The van der Waals surface area contributed by atoms with Crippen molar-refractivity contribution in [1.82, 2.24) is 15.5 Å². The molecule has 3 N–H and O–H groups in total. The van der Waals surface area contributed by atoms with Gasteiger partial charge in [0, 0.05) is 25.7 Å². The first kappa shape index (κ1) is 15.1. The quantitative estimate of drug-likeness (QED) is 0.648. The van der Waals surface area contributed by atoms with E-state index in [1.165, 1.54) is 12.8 Å². The molecule has 2 aliphatic rings. The average molecular weight is 283 g/mol. The van der Waals surface area contributed by atoms with Gasteiger partial charge >= 0.3 is 12.0 Å². The van der Waals surface area contributed by atoms with Crippen molar-refractivity contribution in [3.63, 3.8) is 0 Å². The molecule has 0 heterocycles. The topological polar surface area (TPSA) is 81.7 Å². The van der Waals surface area contributed by atoms with E-state index >= 15 is 0 Å². The number of hydrogen-bond acceptors (Lipinski definition) is 3. The van der Waals surface area contributed by atoms with Crippen LogP contribution in [-0.4, -0.2) is 54.7 Å². The van der Waals surface area contributed by atoms with Crippen molar-refractivity contribution in [2.45, 2.75) is 38.1 Å². The Labute approximate surface area is 119 Å². The molecule has 0 aromatic heterocycles. The fourth-order valence-electron chi connectivity index (χ4n) is 2.94. The molecule has 0 spiro atoms. The second-order valence-corrected chi connectivity index (χ2v) is 5.98. The third-order valence-electron chi connectivity index (χ3n) is 4.42. The van der Waals surface area contributed by atoms with E-state index in [9.17, 15) is 9.59 Å². The highest BCUT2D eigenvalue weighted by atomic mass is 16.4. The third-order valence-corrected chi connectivity index (χ3v) is 4.42. The lowest BCUT2D eigenvalue weighted by molar-refractivity contribution is -0.142. The molecule has 0 aromatic rings. The predicted octanol–water partition coefficient (Wildman–Crippen LogP) is 0.881. The lowest BCUT2D eigenvalue weighted by Crippen LogP contribution is -2.42. The van der Waals surface area contributed by atoms with Gasteiger partial charge in [-0.05, 0) is 38.6 Å². The van der Waals surface area contributed by atoms with Gasteiger partial charge in [-0.2, -0.15) is 0 Å². The maximum Gasteiger partial charge on any atom is 0.314 e. The van der Waals surface area contributed by atoms with Crippen molar-refractivity contribution in [3.05, 3.63) is 0 Å². The van der Waals surface area contributed by atoms with Crippen LogP contribution in [0.25, 0.3) is 0 Å². The number of carbonyl (C=O) groups is 2. The van der Waals surface area contributed by atoms with Gasteiger partial charge in [-0.25, -0.2) is 4.79 Å². The van der Waals surface area contributed by atoms with Gasteiger partial charge in [-0.15, -0.1) is 0 Å². The number of nitrogens with zero attached hydrogens (tertiary/aromatic N) is 1. The van der Waals surface area contributed by atoms with E-state index < -0.39 is 5.97 Å². The molecule has 0 aliphatic heterocycles. The monoisotopic (exact) mass is 283 g/mol. The maximum absolute atomic E-state index is 11.7. The number of carboxylic acids is 1. The predicted molar refractivity (Wildman–Crippen MR) is 75.5 cm³/mol. The summed E-state index contributed by atoms with van der Waals surface area (Å²) < 4.78 is 0. The number of likely N-dealkylation sites (N-methyl/N-ethyl adjacent to an activating group) is 1. The molecule has 6 nitrogen and oxygen atoms in total. The van der Waals surface area contributed by atoms with Crippen LogP contribution in [0.4, 0.5) is 4.79 Å². The van der Waals surface area contributed by atoms with E-state index in [1.54, 1.807) is 0 Å². The number of rotatable bonds is 7. The summed E-state index contributed by atoms with van der Waals surface area (Å²) in [7, 11) is 2.08.